The number of nitrogens with zero attached hydrogens (tertiary/aromatic N) is 2. The van der Waals surface area contributed by atoms with Crippen molar-refractivity contribution in [3.63, 3.8) is 0 Å². The summed E-state index contributed by atoms with van der Waals surface area (Å²) in [5, 5.41) is 0. The lowest BCUT2D eigenvalue weighted by molar-refractivity contribution is -0.141. The fourth-order valence-corrected chi connectivity index (χ4v) is 4.49. The first-order valence-electron chi connectivity index (χ1n) is 8.51. The predicted octanol–water partition coefficient (Wildman–Crippen LogP) is 3.20. The van der Waals surface area contributed by atoms with Crippen molar-refractivity contribution in [2.24, 2.45) is 5.92 Å². The number of methoxy groups -OCH3 is 1. The minimum atomic E-state index is -4.55. The first-order chi connectivity index (χ1) is 13.2. The van der Waals surface area contributed by atoms with Crippen LogP contribution in [0.3, 0.4) is 0 Å². The Balaban J connectivity index is 1.62. The van der Waals surface area contributed by atoms with Crippen LogP contribution < -0.4 is 9.47 Å². The zero-order chi connectivity index (χ0) is 20.4. The molecule has 1 atom stereocenters. The number of rotatable bonds is 6. The molecule has 0 spiro atoms. The summed E-state index contributed by atoms with van der Waals surface area (Å²) in [4.78, 5) is 3.58. The van der Waals surface area contributed by atoms with Crippen LogP contribution in [-0.4, -0.2) is 44.5 Å². The number of pyridine rings is 1. The van der Waals surface area contributed by atoms with Gasteiger partial charge in [-0.2, -0.15) is 17.5 Å². The van der Waals surface area contributed by atoms with Gasteiger partial charge < -0.3 is 9.47 Å². The van der Waals surface area contributed by atoms with Gasteiger partial charge in [0.1, 0.15) is 11.4 Å². The SMILES string of the molecule is COc1cccc(S(=O)(=O)N2CCC(COc3cccc(C(F)(F)F)n3)C2)c1. The molecular formula is C18H19F3N2O4S. The Morgan fingerprint density at radius 2 is 1.96 bits per heavy atom. The standard InChI is InChI=1S/C18H19F3N2O4S/c1-26-14-4-2-5-15(10-14)28(24,25)23-9-8-13(11-23)12-27-17-7-3-6-16(22-17)18(19,20)21/h2-7,10,13H,8-9,11-12H2,1H3. The Bertz CT molecular complexity index is 934. The molecule has 1 aliphatic rings. The molecule has 6 nitrogen and oxygen atoms in total. The third-order valence-corrected chi connectivity index (χ3v) is 6.27. The highest BCUT2D eigenvalue weighted by atomic mass is 32.2. The van der Waals surface area contributed by atoms with E-state index in [1.807, 2.05) is 0 Å². The first-order valence-corrected chi connectivity index (χ1v) is 9.95. The topological polar surface area (TPSA) is 68.7 Å². The van der Waals surface area contributed by atoms with E-state index < -0.39 is 21.9 Å². The maximum Gasteiger partial charge on any atom is 0.433 e. The Hall–Kier alpha value is -2.33. The lowest BCUT2D eigenvalue weighted by atomic mass is 10.1. The fourth-order valence-electron chi connectivity index (χ4n) is 2.92. The van der Waals surface area contributed by atoms with Crippen molar-refractivity contribution < 1.29 is 31.1 Å². The molecule has 1 aromatic carbocycles. The third-order valence-electron chi connectivity index (χ3n) is 4.41. The number of hydrogen-bond acceptors (Lipinski definition) is 5. The minimum Gasteiger partial charge on any atom is -0.497 e. The summed E-state index contributed by atoms with van der Waals surface area (Å²) >= 11 is 0. The molecule has 28 heavy (non-hydrogen) atoms. The molecule has 0 aliphatic carbocycles. The van der Waals surface area contributed by atoms with Gasteiger partial charge in [0.2, 0.25) is 15.9 Å². The number of ether oxygens (including phenoxy) is 2. The van der Waals surface area contributed by atoms with Crippen LogP contribution in [0.1, 0.15) is 12.1 Å². The molecule has 2 heterocycles. The highest BCUT2D eigenvalue weighted by Gasteiger charge is 2.34. The summed E-state index contributed by atoms with van der Waals surface area (Å²) in [7, 11) is -2.22. The molecule has 10 heteroatoms. The number of hydrogen-bond donors (Lipinski definition) is 0. The summed E-state index contributed by atoms with van der Waals surface area (Å²) in [6, 6.07) is 9.63. The molecule has 0 saturated carbocycles. The molecular weight excluding hydrogens is 397 g/mol. The molecule has 1 saturated heterocycles. The highest BCUT2D eigenvalue weighted by molar-refractivity contribution is 7.89. The van der Waals surface area contributed by atoms with E-state index in [0.717, 1.165) is 6.07 Å². The van der Waals surface area contributed by atoms with Gasteiger partial charge in [0.05, 0.1) is 18.6 Å². The van der Waals surface area contributed by atoms with Gasteiger partial charge in [0, 0.05) is 31.1 Å². The molecule has 1 aromatic heterocycles. The second-order valence-electron chi connectivity index (χ2n) is 6.37. The molecule has 3 rings (SSSR count). The fraction of sp³-hybridized carbons (Fsp3) is 0.389. The summed E-state index contributed by atoms with van der Waals surface area (Å²) in [5.74, 6) is 0.163. The Morgan fingerprint density at radius 3 is 2.68 bits per heavy atom. The van der Waals surface area contributed by atoms with Crippen molar-refractivity contribution in [1.29, 1.82) is 0 Å². The van der Waals surface area contributed by atoms with Crippen LogP contribution in [0.5, 0.6) is 11.6 Å². The van der Waals surface area contributed by atoms with E-state index in [1.54, 1.807) is 12.1 Å². The van der Waals surface area contributed by atoms with Crippen molar-refractivity contribution >= 4 is 10.0 Å². The van der Waals surface area contributed by atoms with Crippen molar-refractivity contribution in [1.82, 2.24) is 9.29 Å². The number of benzene rings is 1. The summed E-state index contributed by atoms with van der Waals surface area (Å²) in [6.45, 7) is 0.612. The Labute approximate surface area is 161 Å². The molecule has 0 amide bonds. The van der Waals surface area contributed by atoms with Crippen LogP contribution in [0.15, 0.2) is 47.4 Å². The molecule has 1 unspecified atom stereocenters. The number of halogens is 3. The van der Waals surface area contributed by atoms with Crippen LogP contribution in [0.4, 0.5) is 13.2 Å². The van der Waals surface area contributed by atoms with Gasteiger partial charge in [-0.25, -0.2) is 13.4 Å². The normalized spacial score (nSPS) is 18.2. The van der Waals surface area contributed by atoms with E-state index in [1.165, 1.54) is 35.7 Å². The molecule has 0 bridgehead atoms. The van der Waals surface area contributed by atoms with E-state index in [2.05, 4.69) is 4.98 Å². The number of sulfonamides is 1. The van der Waals surface area contributed by atoms with Crippen LogP contribution in [-0.2, 0) is 16.2 Å². The average Bonchev–Trinajstić information content (AvgIpc) is 3.16. The van der Waals surface area contributed by atoms with Crippen LogP contribution in [0.25, 0.3) is 0 Å². The second-order valence-corrected chi connectivity index (χ2v) is 8.30. The molecule has 0 radical (unpaired) electrons. The van der Waals surface area contributed by atoms with E-state index >= 15 is 0 Å². The molecule has 2 aromatic rings. The van der Waals surface area contributed by atoms with Crippen LogP contribution >= 0.6 is 0 Å². The van der Waals surface area contributed by atoms with Crippen molar-refractivity contribution in [2.45, 2.75) is 17.5 Å². The quantitative estimate of drug-likeness (QED) is 0.724. The Morgan fingerprint density at radius 1 is 1.21 bits per heavy atom. The highest BCUT2D eigenvalue weighted by Crippen LogP contribution is 2.29. The van der Waals surface area contributed by atoms with Gasteiger partial charge in [-0.05, 0) is 24.6 Å². The van der Waals surface area contributed by atoms with E-state index in [0.29, 0.717) is 18.7 Å². The lowest BCUT2D eigenvalue weighted by Crippen LogP contribution is -2.29. The van der Waals surface area contributed by atoms with Gasteiger partial charge in [-0.15, -0.1) is 0 Å². The van der Waals surface area contributed by atoms with Crippen LogP contribution in [0.2, 0.25) is 0 Å². The summed E-state index contributed by atoms with van der Waals surface area (Å²) < 4.78 is 75.4. The van der Waals surface area contributed by atoms with Crippen molar-refractivity contribution in [3.8, 4) is 11.6 Å². The Kier molecular flexibility index (Phi) is 5.80. The van der Waals surface area contributed by atoms with Crippen molar-refractivity contribution in [2.75, 3.05) is 26.8 Å². The number of alkyl halides is 3. The zero-order valence-corrected chi connectivity index (χ0v) is 15.8. The summed E-state index contributed by atoms with van der Waals surface area (Å²) in [6.07, 6.45) is -4.00. The van der Waals surface area contributed by atoms with Gasteiger partial charge in [0.25, 0.3) is 0 Å². The van der Waals surface area contributed by atoms with Crippen molar-refractivity contribution in [3.05, 3.63) is 48.2 Å². The van der Waals surface area contributed by atoms with Gasteiger partial charge in [0.15, 0.2) is 0 Å². The predicted molar refractivity (Wildman–Crippen MR) is 94.6 cm³/mol. The monoisotopic (exact) mass is 416 g/mol. The molecule has 1 fully saturated rings. The molecule has 1 aliphatic heterocycles. The van der Waals surface area contributed by atoms with Gasteiger partial charge in [-0.1, -0.05) is 12.1 Å². The lowest BCUT2D eigenvalue weighted by Gasteiger charge is -2.17. The first kappa shape index (κ1) is 20.4. The van der Waals surface area contributed by atoms with Crippen LogP contribution in [0, 0.1) is 5.92 Å². The minimum absolute atomic E-state index is 0.0818. The zero-order valence-electron chi connectivity index (χ0n) is 15.0. The van der Waals surface area contributed by atoms with E-state index in [4.69, 9.17) is 9.47 Å². The largest absolute Gasteiger partial charge is 0.497 e. The molecule has 152 valence electrons. The maximum atomic E-state index is 12.8. The van der Waals surface area contributed by atoms with Gasteiger partial charge in [-0.3, -0.25) is 0 Å². The summed E-state index contributed by atoms with van der Waals surface area (Å²) in [5.41, 5.74) is -1.03. The third kappa shape index (κ3) is 4.56. The smallest absolute Gasteiger partial charge is 0.433 e. The van der Waals surface area contributed by atoms with E-state index in [-0.39, 0.29) is 29.8 Å². The second kappa shape index (κ2) is 7.96. The molecule has 0 N–H and O–H groups in total. The van der Waals surface area contributed by atoms with Gasteiger partial charge >= 0.3 is 6.18 Å². The number of aromatic nitrogens is 1. The maximum absolute atomic E-state index is 12.8. The van der Waals surface area contributed by atoms with E-state index in [9.17, 15) is 21.6 Å². The average molecular weight is 416 g/mol.